The first-order valence-corrected chi connectivity index (χ1v) is 8.76. The maximum atomic E-state index is 12.3. The van der Waals surface area contributed by atoms with E-state index in [2.05, 4.69) is 15.0 Å². The van der Waals surface area contributed by atoms with E-state index in [0.717, 1.165) is 21.9 Å². The molecule has 0 spiro atoms. The number of aromatic nitrogens is 1. The molecular weight excluding hydrogens is 374 g/mol. The molecule has 1 aromatic heterocycles. The summed E-state index contributed by atoms with van der Waals surface area (Å²) in [5.74, 6) is 0.362. The summed E-state index contributed by atoms with van der Waals surface area (Å²) in [5.41, 5.74) is 2.01. The average Bonchev–Trinajstić information content (AvgIpc) is 3.02. The zero-order chi connectivity index (χ0) is 19.4. The lowest BCUT2D eigenvalue weighted by Crippen LogP contribution is -2.11. The Labute approximate surface area is 158 Å². The van der Waals surface area contributed by atoms with Crippen molar-refractivity contribution < 1.29 is 23.0 Å². The monoisotopic (exact) mass is 390 g/mol. The van der Waals surface area contributed by atoms with E-state index < -0.39 is 6.61 Å². The van der Waals surface area contributed by atoms with Gasteiger partial charge in [0.25, 0.3) is 5.91 Å². The van der Waals surface area contributed by atoms with Crippen LogP contribution in [0.3, 0.4) is 0 Å². The molecule has 0 saturated heterocycles. The van der Waals surface area contributed by atoms with E-state index in [0.29, 0.717) is 10.7 Å². The molecule has 1 heterocycles. The fraction of sp³-hybridized carbons (Fsp3) is 0.158. The summed E-state index contributed by atoms with van der Waals surface area (Å²) < 4.78 is 33.8. The first kappa shape index (κ1) is 18.8. The van der Waals surface area contributed by atoms with Crippen LogP contribution in [0.2, 0.25) is 0 Å². The predicted octanol–water partition coefficient (Wildman–Crippen LogP) is 4.98. The third-order valence-corrected chi connectivity index (χ3v) is 4.61. The average molecular weight is 390 g/mol. The second kappa shape index (κ2) is 8.13. The maximum Gasteiger partial charge on any atom is 0.387 e. The zero-order valence-electron chi connectivity index (χ0n) is 14.5. The van der Waals surface area contributed by atoms with Crippen LogP contribution < -0.4 is 14.8 Å². The van der Waals surface area contributed by atoms with E-state index in [4.69, 9.17) is 4.74 Å². The summed E-state index contributed by atoms with van der Waals surface area (Å²) in [6, 6.07) is 12.9. The molecule has 0 aliphatic rings. The van der Waals surface area contributed by atoms with Crippen LogP contribution in [0, 0.1) is 6.92 Å². The van der Waals surface area contributed by atoms with E-state index in [9.17, 15) is 13.6 Å². The van der Waals surface area contributed by atoms with Crippen LogP contribution in [0.4, 0.5) is 13.9 Å². The molecule has 0 aliphatic heterocycles. The minimum atomic E-state index is -2.90. The molecule has 140 valence electrons. The van der Waals surface area contributed by atoms with E-state index in [1.807, 2.05) is 31.2 Å². The minimum Gasteiger partial charge on any atom is -0.497 e. The molecule has 0 aliphatic carbocycles. The molecule has 0 bridgehead atoms. The first-order valence-electron chi connectivity index (χ1n) is 7.94. The predicted molar refractivity (Wildman–Crippen MR) is 99.9 cm³/mol. The highest BCUT2D eigenvalue weighted by Gasteiger charge is 2.14. The number of thiazole rings is 1. The normalized spacial score (nSPS) is 10.7. The smallest absolute Gasteiger partial charge is 0.387 e. The van der Waals surface area contributed by atoms with Crippen LogP contribution in [0.5, 0.6) is 11.5 Å². The van der Waals surface area contributed by atoms with Gasteiger partial charge in [0.2, 0.25) is 0 Å². The number of benzene rings is 2. The van der Waals surface area contributed by atoms with Crippen LogP contribution in [0.15, 0.2) is 48.5 Å². The van der Waals surface area contributed by atoms with Crippen LogP contribution >= 0.6 is 11.3 Å². The number of aryl methyl sites for hydroxylation is 1. The summed E-state index contributed by atoms with van der Waals surface area (Å²) in [4.78, 5) is 17.8. The van der Waals surface area contributed by atoms with E-state index >= 15 is 0 Å². The Morgan fingerprint density at radius 1 is 1.07 bits per heavy atom. The molecule has 0 atom stereocenters. The molecule has 0 saturated carbocycles. The van der Waals surface area contributed by atoms with Gasteiger partial charge in [-0.2, -0.15) is 8.78 Å². The van der Waals surface area contributed by atoms with Crippen molar-refractivity contribution >= 4 is 22.4 Å². The number of amides is 1. The topological polar surface area (TPSA) is 60.5 Å². The molecule has 5 nitrogen and oxygen atoms in total. The number of hydrogen-bond donors (Lipinski definition) is 1. The van der Waals surface area contributed by atoms with E-state index in [-0.39, 0.29) is 11.7 Å². The van der Waals surface area contributed by atoms with Crippen molar-refractivity contribution in [2.24, 2.45) is 0 Å². The van der Waals surface area contributed by atoms with Gasteiger partial charge in [0.15, 0.2) is 5.13 Å². The SMILES string of the molecule is COc1ccc(-c2nc(NC(=O)c3ccc(OC(F)F)cc3)sc2C)cc1. The molecular formula is C19H16F2N2O3S. The summed E-state index contributed by atoms with van der Waals surface area (Å²) in [7, 11) is 1.60. The standard InChI is InChI=1S/C19H16F2N2O3S/c1-11-16(12-3-7-14(25-2)8-4-12)22-19(27-11)23-17(24)13-5-9-15(10-6-13)26-18(20)21/h3-10,18H,1-2H3,(H,22,23,24). The van der Waals surface area contributed by atoms with Gasteiger partial charge < -0.3 is 9.47 Å². The van der Waals surface area contributed by atoms with E-state index in [1.165, 1.54) is 35.6 Å². The molecule has 3 aromatic rings. The van der Waals surface area contributed by atoms with Crippen LogP contribution in [-0.2, 0) is 0 Å². The Balaban J connectivity index is 1.73. The van der Waals surface area contributed by atoms with Gasteiger partial charge in [-0.05, 0) is 55.5 Å². The van der Waals surface area contributed by atoms with Crippen molar-refractivity contribution in [2.75, 3.05) is 12.4 Å². The molecule has 2 aromatic carbocycles. The van der Waals surface area contributed by atoms with Crippen molar-refractivity contribution in [3.63, 3.8) is 0 Å². The maximum absolute atomic E-state index is 12.3. The molecule has 8 heteroatoms. The number of nitrogens with zero attached hydrogens (tertiary/aromatic N) is 1. The van der Waals surface area contributed by atoms with Gasteiger partial charge in [-0.3, -0.25) is 10.1 Å². The molecule has 0 fully saturated rings. The number of rotatable bonds is 6. The Kier molecular flexibility index (Phi) is 5.66. The highest BCUT2D eigenvalue weighted by molar-refractivity contribution is 7.16. The molecule has 1 N–H and O–H groups in total. The fourth-order valence-electron chi connectivity index (χ4n) is 2.42. The Morgan fingerprint density at radius 3 is 2.30 bits per heavy atom. The lowest BCUT2D eigenvalue weighted by Gasteiger charge is -2.05. The number of halogens is 2. The number of hydrogen-bond acceptors (Lipinski definition) is 5. The van der Waals surface area contributed by atoms with Crippen molar-refractivity contribution in [3.8, 4) is 22.8 Å². The van der Waals surface area contributed by atoms with Crippen LogP contribution in [0.1, 0.15) is 15.2 Å². The molecule has 0 unspecified atom stereocenters. The second-order valence-electron chi connectivity index (χ2n) is 5.51. The van der Waals surface area contributed by atoms with Crippen molar-refractivity contribution in [1.29, 1.82) is 0 Å². The molecule has 27 heavy (non-hydrogen) atoms. The second-order valence-corrected chi connectivity index (χ2v) is 6.71. The van der Waals surface area contributed by atoms with E-state index in [1.54, 1.807) is 7.11 Å². The molecule has 0 radical (unpaired) electrons. The summed E-state index contributed by atoms with van der Waals surface area (Å²) in [6.45, 7) is -0.983. The van der Waals surface area contributed by atoms with Gasteiger partial charge in [0.1, 0.15) is 11.5 Å². The largest absolute Gasteiger partial charge is 0.497 e. The van der Waals surface area contributed by atoms with Gasteiger partial charge >= 0.3 is 6.61 Å². The van der Waals surface area contributed by atoms with Gasteiger partial charge in [0, 0.05) is 16.0 Å². The Bertz CT molecular complexity index is 925. The number of carbonyl (C=O) groups excluding carboxylic acids is 1. The van der Waals surface area contributed by atoms with Crippen molar-refractivity contribution in [2.45, 2.75) is 13.5 Å². The first-order chi connectivity index (χ1) is 13.0. The zero-order valence-corrected chi connectivity index (χ0v) is 15.3. The highest BCUT2D eigenvalue weighted by Crippen LogP contribution is 2.31. The van der Waals surface area contributed by atoms with Gasteiger partial charge in [-0.15, -0.1) is 11.3 Å². The third-order valence-electron chi connectivity index (χ3n) is 3.72. The number of methoxy groups -OCH3 is 1. The third kappa shape index (κ3) is 4.59. The molecule has 1 amide bonds. The fourth-order valence-corrected chi connectivity index (χ4v) is 3.25. The van der Waals surface area contributed by atoms with Crippen molar-refractivity contribution in [3.05, 3.63) is 59.0 Å². The number of ether oxygens (including phenoxy) is 2. The number of nitrogens with one attached hydrogen (secondary N) is 1. The number of alkyl halides is 2. The summed E-state index contributed by atoms with van der Waals surface area (Å²) in [6.07, 6.45) is 0. The highest BCUT2D eigenvalue weighted by atomic mass is 32.1. The van der Waals surface area contributed by atoms with Gasteiger partial charge in [-0.1, -0.05) is 0 Å². The Hall–Kier alpha value is -3.00. The van der Waals surface area contributed by atoms with Crippen molar-refractivity contribution in [1.82, 2.24) is 4.98 Å². The van der Waals surface area contributed by atoms with Gasteiger partial charge in [-0.25, -0.2) is 4.98 Å². The quantitative estimate of drug-likeness (QED) is 0.645. The lowest BCUT2D eigenvalue weighted by molar-refractivity contribution is -0.0498. The van der Waals surface area contributed by atoms with Crippen LogP contribution in [0.25, 0.3) is 11.3 Å². The summed E-state index contributed by atoms with van der Waals surface area (Å²) >= 11 is 1.36. The number of carbonyl (C=O) groups is 1. The number of anilines is 1. The Morgan fingerprint density at radius 2 is 1.70 bits per heavy atom. The van der Waals surface area contributed by atoms with Crippen LogP contribution in [-0.4, -0.2) is 24.6 Å². The minimum absolute atomic E-state index is 0.00608. The molecule has 3 rings (SSSR count). The summed E-state index contributed by atoms with van der Waals surface area (Å²) in [5, 5.41) is 3.18. The lowest BCUT2D eigenvalue weighted by atomic mass is 10.1. The van der Waals surface area contributed by atoms with Gasteiger partial charge in [0.05, 0.1) is 12.8 Å².